The molecule has 0 atom stereocenters. The topological polar surface area (TPSA) is 134 Å². The van der Waals surface area contributed by atoms with Gasteiger partial charge in [0.1, 0.15) is 28.6 Å². The van der Waals surface area contributed by atoms with Gasteiger partial charge >= 0.3 is 11.9 Å². The molecule has 25 heavy (non-hydrogen) atoms. The lowest BCUT2D eigenvalue weighted by atomic mass is 9.98. The van der Waals surface area contributed by atoms with Crippen LogP contribution in [0, 0.1) is 0 Å². The Labute approximate surface area is 142 Å². The van der Waals surface area contributed by atoms with Gasteiger partial charge in [-0.1, -0.05) is 0 Å². The van der Waals surface area contributed by atoms with E-state index in [0.29, 0.717) is 0 Å². The average molecular weight is 348 g/mol. The van der Waals surface area contributed by atoms with E-state index in [2.05, 4.69) is 4.74 Å². The van der Waals surface area contributed by atoms with Crippen molar-refractivity contribution in [2.24, 2.45) is 0 Å². The van der Waals surface area contributed by atoms with E-state index in [1.165, 1.54) is 0 Å². The van der Waals surface area contributed by atoms with Gasteiger partial charge < -0.3 is 29.9 Å². The van der Waals surface area contributed by atoms with Crippen molar-refractivity contribution >= 4 is 11.9 Å². The van der Waals surface area contributed by atoms with E-state index in [4.69, 9.17) is 4.74 Å². The van der Waals surface area contributed by atoms with Crippen LogP contribution in [0.25, 0.3) is 11.1 Å². The summed E-state index contributed by atoms with van der Waals surface area (Å²) in [6, 6.07) is 4.26. The van der Waals surface area contributed by atoms with E-state index in [1.807, 2.05) is 0 Å². The van der Waals surface area contributed by atoms with Crippen LogP contribution in [-0.4, -0.2) is 46.1 Å². The molecule has 0 saturated heterocycles. The molecule has 0 bridgehead atoms. The lowest BCUT2D eigenvalue weighted by molar-refractivity contribution is 0.0518. The van der Waals surface area contributed by atoms with Gasteiger partial charge in [-0.2, -0.15) is 0 Å². The van der Waals surface area contributed by atoms with Crippen molar-refractivity contribution in [1.29, 1.82) is 0 Å². The predicted molar refractivity (Wildman–Crippen MR) is 85.8 cm³/mol. The number of methoxy groups -OCH3 is 1. The lowest BCUT2D eigenvalue weighted by Gasteiger charge is -2.12. The van der Waals surface area contributed by atoms with Crippen LogP contribution >= 0.6 is 0 Å². The van der Waals surface area contributed by atoms with Gasteiger partial charge in [0.2, 0.25) is 0 Å². The number of ether oxygens (including phenoxy) is 2. The number of phenols is 4. The first-order valence-electron chi connectivity index (χ1n) is 7.17. The zero-order valence-electron chi connectivity index (χ0n) is 13.4. The van der Waals surface area contributed by atoms with Gasteiger partial charge in [-0.25, -0.2) is 9.59 Å². The summed E-state index contributed by atoms with van der Waals surface area (Å²) in [4.78, 5) is 23.2. The van der Waals surface area contributed by atoms with Crippen LogP contribution in [0.2, 0.25) is 0 Å². The van der Waals surface area contributed by atoms with E-state index in [0.717, 1.165) is 31.4 Å². The van der Waals surface area contributed by atoms with Gasteiger partial charge in [-0.15, -0.1) is 0 Å². The number of hydrogen-bond acceptors (Lipinski definition) is 8. The molecule has 0 radical (unpaired) electrons. The summed E-state index contributed by atoms with van der Waals surface area (Å²) >= 11 is 0. The summed E-state index contributed by atoms with van der Waals surface area (Å²) in [7, 11) is 1.15. The quantitative estimate of drug-likeness (QED) is 0.618. The van der Waals surface area contributed by atoms with Crippen LogP contribution in [0.15, 0.2) is 24.3 Å². The zero-order valence-corrected chi connectivity index (χ0v) is 13.4. The maximum Gasteiger partial charge on any atom is 0.345 e. The Kier molecular flexibility index (Phi) is 5.02. The summed E-state index contributed by atoms with van der Waals surface area (Å²) in [5.74, 6) is -3.83. The first-order chi connectivity index (χ1) is 11.8. The summed E-state index contributed by atoms with van der Waals surface area (Å²) in [6.07, 6.45) is 0. The highest BCUT2D eigenvalue weighted by Crippen LogP contribution is 2.42. The van der Waals surface area contributed by atoms with Crippen molar-refractivity contribution in [3.05, 3.63) is 35.4 Å². The predicted octanol–water partition coefficient (Wildman–Crippen LogP) is 2.14. The second-order valence-corrected chi connectivity index (χ2v) is 4.99. The molecule has 0 unspecified atom stereocenters. The van der Waals surface area contributed by atoms with Gasteiger partial charge in [-0.05, 0) is 36.8 Å². The Bertz CT molecular complexity index is 795. The third-order valence-corrected chi connectivity index (χ3v) is 3.38. The fraction of sp³-hybridized carbons (Fsp3) is 0.176. The number of carbonyl (C=O) groups excluding carboxylic acids is 2. The minimum Gasteiger partial charge on any atom is -0.507 e. The summed E-state index contributed by atoms with van der Waals surface area (Å²) in [5.41, 5.74) is -0.642. The lowest BCUT2D eigenvalue weighted by Crippen LogP contribution is -2.05. The van der Waals surface area contributed by atoms with E-state index in [1.54, 1.807) is 6.92 Å². The van der Waals surface area contributed by atoms with Crippen LogP contribution in [-0.2, 0) is 9.47 Å². The second kappa shape index (κ2) is 7.00. The third kappa shape index (κ3) is 3.42. The molecule has 2 rings (SSSR count). The number of benzene rings is 2. The van der Waals surface area contributed by atoms with Crippen molar-refractivity contribution in [3.8, 4) is 34.1 Å². The highest BCUT2D eigenvalue weighted by atomic mass is 16.5. The molecule has 0 aliphatic heterocycles. The molecule has 0 amide bonds. The van der Waals surface area contributed by atoms with Crippen LogP contribution < -0.4 is 0 Å². The Morgan fingerprint density at radius 2 is 1.40 bits per heavy atom. The first kappa shape index (κ1) is 17.9. The van der Waals surface area contributed by atoms with E-state index < -0.39 is 40.5 Å². The van der Waals surface area contributed by atoms with Crippen molar-refractivity contribution in [1.82, 2.24) is 0 Å². The van der Waals surface area contributed by atoms with E-state index in [-0.39, 0.29) is 23.3 Å². The molecule has 2 aromatic rings. The molecule has 0 spiro atoms. The first-order valence-corrected chi connectivity index (χ1v) is 7.17. The van der Waals surface area contributed by atoms with E-state index >= 15 is 0 Å². The molecule has 4 N–H and O–H groups in total. The smallest absolute Gasteiger partial charge is 0.345 e. The Hall–Kier alpha value is -3.42. The maximum atomic E-state index is 11.7. The molecular formula is C17H16O8. The second-order valence-electron chi connectivity index (χ2n) is 4.99. The number of rotatable bonds is 4. The summed E-state index contributed by atoms with van der Waals surface area (Å²) < 4.78 is 9.23. The Balaban J connectivity index is 2.57. The molecule has 0 heterocycles. The van der Waals surface area contributed by atoms with E-state index in [9.17, 15) is 30.0 Å². The molecule has 8 heteroatoms. The molecular weight excluding hydrogens is 332 g/mol. The number of esters is 2. The Morgan fingerprint density at radius 3 is 1.84 bits per heavy atom. The van der Waals surface area contributed by atoms with Gasteiger partial charge in [0.25, 0.3) is 0 Å². The molecule has 0 aliphatic carbocycles. The maximum absolute atomic E-state index is 11.7. The van der Waals surface area contributed by atoms with Gasteiger partial charge in [0.15, 0.2) is 0 Å². The van der Waals surface area contributed by atoms with Crippen molar-refractivity contribution < 1.29 is 39.5 Å². The third-order valence-electron chi connectivity index (χ3n) is 3.38. The average Bonchev–Trinajstić information content (AvgIpc) is 2.53. The van der Waals surface area contributed by atoms with Crippen molar-refractivity contribution in [2.45, 2.75) is 6.92 Å². The van der Waals surface area contributed by atoms with Crippen LogP contribution in [0.5, 0.6) is 23.0 Å². The Morgan fingerprint density at radius 1 is 0.880 bits per heavy atom. The normalized spacial score (nSPS) is 10.3. The fourth-order valence-corrected chi connectivity index (χ4v) is 2.31. The van der Waals surface area contributed by atoms with Gasteiger partial charge in [0.05, 0.1) is 24.8 Å². The SMILES string of the molecule is CCOC(=O)c1c(O)cc(-c2c(O)cc(C(=O)OC)cc2O)cc1O. The number of phenolic OH excluding ortho intramolecular Hbond substituents is 4. The van der Waals surface area contributed by atoms with Crippen LogP contribution in [0.3, 0.4) is 0 Å². The summed E-state index contributed by atoms with van der Waals surface area (Å²) in [5, 5.41) is 40.2. The molecule has 0 aromatic heterocycles. The summed E-state index contributed by atoms with van der Waals surface area (Å²) in [6.45, 7) is 1.62. The standard InChI is InChI=1S/C17H16O8/c1-3-25-17(23)15-12(20)4-8(5-13(15)21)14-10(18)6-9(7-11(14)19)16(22)24-2/h4-7,18-21H,3H2,1-2H3. The molecule has 2 aromatic carbocycles. The van der Waals surface area contributed by atoms with Crippen LogP contribution in [0.1, 0.15) is 27.6 Å². The van der Waals surface area contributed by atoms with Gasteiger partial charge in [-0.3, -0.25) is 0 Å². The molecule has 0 saturated carbocycles. The minimum atomic E-state index is -0.918. The fourth-order valence-electron chi connectivity index (χ4n) is 2.31. The molecule has 8 nitrogen and oxygen atoms in total. The van der Waals surface area contributed by atoms with Crippen molar-refractivity contribution in [2.75, 3.05) is 13.7 Å². The highest BCUT2D eigenvalue weighted by molar-refractivity contribution is 5.97. The monoisotopic (exact) mass is 348 g/mol. The largest absolute Gasteiger partial charge is 0.507 e. The van der Waals surface area contributed by atoms with Gasteiger partial charge in [0, 0.05) is 0 Å². The molecule has 132 valence electrons. The minimum absolute atomic E-state index is 0.0227. The highest BCUT2D eigenvalue weighted by Gasteiger charge is 2.22. The number of carbonyl (C=O) groups is 2. The van der Waals surface area contributed by atoms with Crippen molar-refractivity contribution in [3.63, 3.8) is 0 Å². The zero-order chi connectivity index (χ0) is 18.7. The number of aromatic hydroxyl groups is 4. The van der Waals surface area contributed by atoms with Crippen LogP contribution in [0.4, 0.5) is 0 Å². The number of hydrogen-bond donors (Lipinski definition) is 4. The molecule has 0 fully saturated rings. The molecule has 0 aliphatic rings.